The molecule has 1 aliphatic rings. The Morgan fingerprint density at radius 1 is 1.03 bits per heavy atom. The van der Waals surface area contributed by atoms with Crippen LogP contribution in [0.2, 0.25) is 0 Å². The molecule has 1 atom stereocenters. The van der Waals surface area contributed by atoms with Crippen molar-refractivity contribution in [3.63, 3.8) is 0 Å². The van der Waals surface area contributed by atoms with Gasteiger partial charge in [-0.1, -0.05) is 26.0 Å². The van der Waals surface area contributed by atoms with Gasteiger partial charge in [0, 0.05) is 32.1 Å². The molecule has 0 unspecified atom stereocenters. The lowest BCUT2D eigenvalue weighted by Crippen LogP contribution is -2.48. The van der Waals surface area contributed by atoms with E-state index in [0.29, 0.717) is 42.7 Å². The molecular formula is C28H39N3O7S. The molecular weight excluding hydrogens is 522 g/mol. The summed E-state index contributed by atoms with van der Waals surface area (Å²) in [6.07, 6.45) is 1.46. The van der Waals surface area contributed by atoms with Crippen molar-refractivity contribution in [1.29, 1.82) is 0 Å². The average Bonchev–Trinajstić information content (AvgIpc) is 2.91. The number of hydrogen-bond acceptors (Lipinski definition) is 7. The lowest BCUT2D eigenvalue weighted by atomic mass is 10.1. The van der Waals surface area contributed by atoms with Crippen LogP contribution < -0.4 is 23.8 Å². The highest BCUT2D eigenvalue weighted by Crippen LogP contribution is 2.34. The fraction of sp³-hybridized carbons (Fsp3) is 0.500. The summed E-state index contributed by atoms with van der Waals surface area (Å²) in [5, 5.41) is 2.90. The molecule has 214 valence electrons. The Balaban J connectivity index is 1.73. The van der Waals surface area contributed by atoms with Crippen LogP contribution in [0.15, 0.2) is 42.5 Å². The molecule has 2 aromatic rings. The summed E-state index contributed by atoms with van der Waals surface area (Å²) < 4.78 is 42.9. The van der Waals surface area contributed by atoms with Gasteiger partial charge in [0.15, 0.2) is 11.5 Å². The molecule has 0 bridgehead atoms. The third-order valence-corrected chi connectivity index (χ3v) is 7.52. The zero-order valence-corrected chi connectivity index (χ0v) is 24.1. The summed E-state index contributed by atoms with van der Waals surface area (Å²) in [7, 11) is -2.05. The van der Waals surface area contributed by atoms with Gasteiger partial charge in [-0.3, -0.25) is 13.9 Å². The van der Waals surface area contributed by atoms with E-state index in [1.165, 1.54) is 9.21 Å². The third-order valence-electron chi connectivity index (χ3n) is 6.33. The molecule has 0 fully saturated rings. The number of ether oxygens (including phenoxy) is 3. The van der Waals surface area contributed by atoms with Crippen molar-refractivity contribution in [1.82, 2.24) is 10.2 Å². The van der Waals surface area contributed by atoms with Gasteiger partial charge in [0.2, 0.25) is 21.8 Å². The second kappa shape index (κ2) is 13.5. The van der Waals surface area contributed by atoms with Crippen molar-refractivity contribution in [2.75, 3.05) is 44.0 Å². The van der Waals surface area contributed by atoms with Crippen LogP contribution in [0.3, 0.4) is 0 Å². The lowest BCUT2D eigenvalue weighted by molar-refractivity contribution is -0.140. The number of amides is 2. The zero-order chi connectivity index (χ0) is 28.6. The molecule has 0 aromatic heterocycles. The van der Waals surface area contributed by atoms with Gasteiger partial charge >= 0.3 is 0 Å². The minimum absolute atomic E-state index is 0.0640. The van der Waals surface area contributed by atoms with Crippen LogP contribution in [0.5, 0.6) is 17.2 Å². The molecule has 11 heteroatoms. The Labute approximate surface area is 231 Å². The van der Waals surface area contributed by atoms with E-state index >= 15 is 0 Å². The van der Waals surface area contributed by atoms with Crippen LogP contribution in [-0.2, 0) is 26.2 Å². The number of carbonyl (C=O) groups is 2. The first kappa shape index (κ1) is 30.1. The summed E-state index contributed by atoms with van der Waals surface area (Å²) in [5.74, 6) is 1.53. The van der Waals surface area contributed by atoms with Crippen molar-refractivity contribution in [3.8, 4) is 17.2 Å². The molecule has 0 saturated heterocycles. The van der Waals surface area contributed by atoms with Crippen LogP contribution in [0.4, 0.5) is 5.69 Å². The van der Waals surface area contributed by atoms with Crippen molar-refractivity contribution >= 4 is 27.5 Å². The fourth-order valence-corrected chi connectivity index (χ4v) is 5.11. The molecule has 1 N–H and O–H groups in total. The van der Waals surface area contributed by atoms with Crippen molar-refractivity contribution in [2.45, 2.75) is 46.2 Å². The zero-order valence-electron chi connectivity index (χ0n) is 23.3. The van der Waals surface area contributed by atoms with Gasteiger partial charge in [-0.25, -0.2) is 8.42 Å². The number of benzene rings is 2. The molecule has 1 heterocycles. The van der Waals surface area contributed by atoms with E-state index in [4.69, 9.17) is 14.2 Å². The number of hydrogen-bond donors (Lipinski definition) is 1. The first-order valence-electron chi connectivity index (χ1n) is 13.1. The Kier molecular flexibility index (Phi) is 10.4. The molecule has 0 spiro atoms. The standard InChI is InChI=1S/C28H39N3O7S/c1-20(2)18-29-28(33)21(3)30(19-22-8-11-24(36-4)12-9-22)27(32)7-6-14-31(39(5,34)35)23-10-13-25-26(17-23)38-16-15-37-25/h8-13,17,20-21H,6-7,14-16,18-19H2,1-5H3,(H,29,33)/t21-/m0/s1. The molecule has 10 nitrogen and oxygen atoms in total. The van der Waals surface area contributed by atoms with E-state index in [2.05, 4.69) is 5.32 Å². The number of sulfonamides is 1. The van der Waals surface area contributed by atoms with E-state index in [1.807, 2.05) is 26.0 Å². The van der Waals surface area contributed by atoms with Gasteiger partial charge in [0.1, 0.15) is 25.0 Å². The molecule has 3 rings (SSSR count). The Bertz CT molecular complexity index is 1230. The van der Waals surface area contributed by atoms with E-state index in [-0.39, 0.29) is 43.7 Å². The summed E-state index contributed by atoms with van der Waals surface area (Å²) in [5.41, 5.74) is 1.28. The first-order valence-corrected chi connectivity index (χ1v) is 14.9. The maximum absolute atomic E-state index is 13.4. The van der Waals surface area contributed by atoms with Gasteiger partial charge in [0.25, 0.3) is 0 Å². The summed E-state index contributed by atoms with van der Waals surface area (Å²) in [6, 6.07) is 11.6. The van der Waals surface area contributed by atoms with Gasteiger partial charge < -0.3 is 24.4 Å². The van der Waals surface area contributed by atoms with Crippen LogP contribution in [0.1, 0.15) is 39.2 Å². The predicted molar refractivity (Wildman–Crippen MR) is 150 cm³/mol. The minimum Gasteiger partial charge on any atom is -0.497 e. The predicted octanol–water partition coefficient (Wildman–Crippen LogP) is 3.20. The number of methoxy groups -OCH3 is 1. The average molecular weight is 562 g/mol. The van der Waals surface area contributed by atoms with Crippen LogP contribution in [0.25, 0.3) is 0 Å². The summed E-state index contributed by atoms with van der Waals surface area (Å²) in [6.45, 7) is 7.36. The van der Waals surface area contributed by atoms with Crippen molar-refractivity contribution < 1.29 is 32.2 Å². The highest BCUT2D eigenvalue weighted by molar-refractivity contribution is 7.92. The highest BCUT2D eigenvalue weighted by Gasteiger charge is 2.27. The number of nitrogens with one attached hydrogen (secondary N) is 1. The largest absolute Gasteiger partial charge is 0.497 e. The Hall–Kier alpha value is -3.47. The molecule has 2 aromatic carbocycles. The van der Waals surface area contributed by atoms with Crippen molar-refractivity contribution in [3.05, 3.63) is 48.0 Å². The second-order valence-electron chi connectivity index (χ2n) is 9.95. The van der Waals surface area contributed by atoms with Crippen LogP contribution in [0, 0.1) is 5.92 Å². The fourth-order valence-electron chi connectivity index (χ4n) is 4.15. The van der Waals surface area contributed by atoms with Crippen LogP contribution in [-0.4, -0.2) is 70.8 Å². The monoisotopic (exact) mass is 561 g/mol. The SMILES string of the molecule is COc1ccc(CN(C(=O)CCCN(c2ccc3c(c2)OCCO3)S(C)(=O)=O)[C@@H](C)C(=O)NCC(C)C)cc1. The molecule has 1 aliphatic heterocycles. The number of fused-ring (bicyclic) bond motifs is 1. The van der Waals surface area contributed by atoms with E-state index in [0.717, 1.165) is 11.8 Å². The highest BCUT2D eigenvalue weighted by atomic mass is 32.2. The minimum atomic E-state index is -3.63. The Morgan fingerprint density at radius 2 is 1.69 bits per heavy atom. The van der Waals surface area contributed by atoms with Gasteiger partial charge in [0.05, 0.1) is 19.1 Å². The smallest absolute Gasteiger partial charge is 0.242 e. The number of rotatable bonds is 13. The summed E-state index contributed by atoms with van der Waals surface area (Å²) in [4.78, 5) is 27.8. The van der Waals surface area contributed by atoms with E-state index in [1.54, 1.807) is 44.4 Å². The van der Waals surface area contributed by atoms with Crippen molar-refractivity contribution in [2.24, 2.45) is 5.92 Å². The number of anilines is 1. The topological polar surface area (TPSA) is 114 Å². The van der Waals surface area contributed by atoms with Gasteiger partial charge in [-0.15, -0.1) is 0 Å². The normalized spacial score (nSPS) is 13.5. The molecule has 2 amide bonds. The quantitative estimate of drug-likeness (QED) is 0.399. The third kappa shape index (κ3) is 8.51. The molecule has 0 saturated carbocycles. The van der Waals surface area contributed by atoms with Crippen LogP contribution >= 0.6 is 0 Å². The maximum atomic E-state index is 13.4. The molecule has 39 heavy (non-hydrogen) atoms. The van der Waals surface area contributed by atoms with Gasteiger partial charge in [-0.2, -0.15) is 0 Å². The second-order valence-corrected chi connectivity index (χ2v) is 11.9. The number of nitrogens with zero attached hydrogens (tertiary/aromatic N) is 2. The summed E-state index contributed by atoms with van der Waals surface area (Å²) >= 11 is 0. The van der Waals surface area contributed by atoms with Gasteiger partial charge in [-0.05, 0) is 49.1 Å². The molecule has 0 aliphatic carbocycles. The lowest BCUT2D eigenvalue weighted by Gasteiger charge is -2.30. The van der Waals surface area contributed by atoms with E-state index < -0.39 is 16.1 Å². The molecule has 0 radical (unpaired) electrons. The van der Waals surface area contributed by atoms with E-state index in [9.17, 15) is 18.0 Å². The number of carbonyl (C=O) groups excluding carboxylic acids is 2. The maximum Gasteiger partial charge on any atom is 0.242 e. The first-order chi connectivity index (χ1) is 18.5. The Morgan fingerprint density at radius 3 is 2.31 bits per heavy atom.